The van der Waals surface area contributed by atoms with Crippen LogP contribution in [0.1, 0.15) is 18.9 Å². The van der Waals surface area contributed by atoms with Crippen LogP contribution in [0, 0.1) is 12.8 Å². The summed E-state index contributed by atoms with van der Waals surface area (Å²) < 4.78 is 0. The summed E-state index contributed by atoms with van der Waals surface area (Å²) in [5.41, 5.74) is 1.29. The highest BCUT2D eigenvalue weighted by Gasteiger charge is 2.01. The highest BCUT2D eigenvalue weighted by molar-refractivity contribution is 7.99. The molecule has 0 saturated carbocycles. The standard InChI is InChI=1S/C12H16OS/c1-10-3-5-12(6-4-10)14-9-11(2)7-8-13/h3-6,8,11H,7,9H2,1-2H3. The highest BCUT2D eigenvalue weighted by atomic mass is 32.2. The van der Waals surface area contributed by atoms with Crippen LogP contribution < -0.4 is 0 Å². The Hall–Kier alpha value is -0.760. The van der Waals surface area contributed by atoms with Crippen molar-refractivity contribution in [1.29, 1.82) is 0 Å². The molecule has 1 atom stereocenters. The van der Waals surface area contributed by atoms with Gasteiger partial charge < -0.3 is 4.79 Å². The van der Waals surface area contributed by atoms with E-state index in [1.165, 1.54) is 10.5 Å². The van der Waals surface area contributed by atoms with Gasteiger partial charge in [0.2, 0.25) is 0 Å². The first-order valence-electron chi connectivity index (χ1n) is 4.85. The summed E-state index contributed by atoms with van der Waals surface area (Å²) in [5, 5.41) is 0. The van der Waals surface area contributed by atoms with Crippen LogP contribution in [0.3, 0.4) is 0 Å². The number of carbonyl (C=O) groups is 1. The van der Waals surface area contributed by atoms with Gasteiger partial charge in [-0.25, -0.2) is 0 Å². The second-order valence-corrected chi connectivity index (χ2v) is 4.73. The monoisotopic (exact) mass is 208 g/mol. The van der Waals surface area contributed by atoms with E-state index >= 15 is 0 Å². The van der Waals surface area contributed by atoms with Gasteiger partial charge in [0, 0.05) is 17.1 Å². The molecule has 14 heavy (non-hydrogen) atoms. The fourth-order valence-electron chi connectivity index (χ4n) is 1.11. The molecule has 1 rings (SSSR count). The van der Waals surface area contributed by atoms with Crippen molar-refractivity contribution in [3.8, 4) is 0 Å². The van der Waals surface area contributed by atoms with Crippen molar-refractivity contribution >= 4 is 18.0 Å². The second kappa shape index (κ2) is 5.86. The molecule has 76 valence electrons. The molecule has 1 nitrogen and oxygen atoms in total. The van der Waals surface area contributed by atoms with Gasteiger partial charge in [0.05, 0.1) is 0 Å². The third kappa shape index (κ3) is 3.97. The number of thioether (sulfide) groups is 1. The van der Waals surface area contributed by atoms with Crippen LogP contribution in [0.5, 0.6) is 0 Å². The van der Waals surface area contributed by atoms with Gasteiger partial charge in [0.25, 0.3) is 0 Å². The number of carbonyl (C=O) groups excluding carboxylic acids is 1. The number of hydrogen-bond donors (Lipinski definition) is 0. The lowest BCUT2D eigenvalue weighted by Gasteiger charge is -2.06. The maximum atomic E-state index is 10.3. The SMILES string of the molecule is Cc1ccc(SCC(C)CC=O)cc1. The van der Waals surface area contributed by atoms with Gasteiger partial charge in [0.15, 0.2) is 0 Å². The maximum Gasteiger partial charge on any atom is 0.120 e. The fraction of sp³-hybridized carbons (Fsp3) is 0.417. The van der Waals surface area contributed by atoms with Gasteiger partial charge in [-0.3, -0.25) is 0 Å². The number of aldehydes is 1. The first-order valence-corrected chi connectivity index (χ1v) is 5.84. The van der Waals surface area contributed by atoms with Crippen molar-refractivity contribution in [2.45, 2.75) is 25.2 Å². The molecule has 0 saturated heterocycles. The maximum absolute atomic E-state index is 10.3. The molecule has 0 aliphatic rings. The molecule has 0 radical (unpaired) electrons. The van der Waals surface area contributed by atoms with E-state index in [4.69, 9.17) is 0 Å². The summed E-state index contributed by atoms with van der Waals surface area (Å²) in [6.07, 6.45) is 1.67. The van der Waals surface area contributed by atoms with Crippen LogP contribution in [0.4, 0.5) is 0 Å². The summed E-state index contributed by atoms with van der Waals surface area (Å²) in [5.74, 6) is 1.49. The highest BCUT2D eigenvalue weighted by Crippen LogP contribution is 2.21. The van der Waals surface area contributed by atoms with E-state index < -0.39 is 0 Å². The number of benzene rings is 1. The Morgan fingerprint density at radius 1 is 1.36 bits per heavy atom. The average molecular weight is 208 g/mol. The average Bonchev–Trinajstić information content (AvgIpc) is 2.17. The normalized spacial score (nSPS) is 12.4. The topological polar surface area (TPSA) is 17.1 Å². The summed E-state index contributed by atoms with van der Waals surface area (Å²) in [7, 11) is 0. The summed E-state index contributed by atoms with van der Waals surface area (Å²) in [6, 6.07) is 8.50. The minimum atomic E-state index is 0.471. The first kappa shape index (κ1) is 11.3. The van der Waals surface area contributed by atoms with E-state index in [0.29, 0.717) is 12.3 Å². The fourth-order valence-corrected chi connectivity index (χ4v) is 2.05. The zero-order valence-electron chi connectivity index (χ0n) is 8.69. The molecule has 0 heterocycles. The van der Waals surface area contributed by atoms with Crippen LogP contribution in [0.25, 0.3) is 0 Å². The summed E-state index contributed by atoms with van der Waals surface area (Å²) in [6.45, 7) is 4.19. The van der Waals surface area contributed by atoms with Gasteiger partial charge in [-0.1, -0.05) is 24.6 Å². The van der Waals surface area contributed by atoms with Crippen molar-refractivity contribution in [2.75, 3.05) is 5.75 Å². The lowest BCUT2D eigenvalue weighted by molar-refractivity contribution is -0.108. The molecule has 1 unspecified atom stereocenters. The quantitative estimate of drug-likeness (QED) is 0.545. The Bertz CT molecular complexity index is 279. The predicted octanol–water partition coefficient (Wildman–Crippen LogP) is 3.31. The van der Waals surface area contributed by atoms with Gasteiger partial charge >= 0.3 is 0 Å². The second-order valence-electron chi connectivity index (χ2n) is 3.63. The third-order valence-electron chi connectivity index (χ3n) is 2.05. The molecule has 0 fully saturated rings. The Labute approximate surface area is 89.9 Å². The van der Waals surface area contributed by atoms with E-state index in [2.05, 4.69) is 38.1 Å². The third-order valence-corrected chi connectivity index (χ3v) is 3.40. The Balaban J connectivity index is 2.37. The molecule has 0 aliphatic heterocycles. The molecule has 0 aliphatic carbocycles. The van der Waals surface area contributed by atoms with Crippen LogP contribution in [0.15, 0.2) is 29.2 Å². The molecule has 0 amide bonds. The smallest absolute Gasteiger partial charge is 0.120 e. The van der Waals surface area contributed by atoms with Crippen molar-refractivity contribution in [3.05, 3.63) is 29.8 Å². The molecular formula is C12H16OS. The number of rotatable bonds is 5. The van der Waals surface area contributed by atoms with Crippen LogP contribution in [-0.2, 0) is 4.79 Å². The van der Waals surface area contributed by atoms with Gasteiger partial charge in [-0.15, -0.1) is 11.8 Å². The minimum absolute atomic E-state index is 0.471. The van der Waals surface area contributed by atoms with E-state index in [1.54, 1.807) is 0 Å². The molecule has 0 N–H and O–H groups in total. The lowest BCUT2D eigenvalue weighted by atomic mass is 10.2. The molecule has 2 heteroatoms. The number of aryl methyl sites for hydroxylation is 1. The Morgan fingerprint density at radius 3 is 2.57 bits per heavy atom. The van der Waals surface area contributed by atoms with E-state index in [1.807, 2.05) is 11.8 Å². The van der Waals surface area contributed by atoms with Crippen molar-refractivity contribution < 1.29 is 4.79 Å². The zero-order chi connectivity index (χ0) is 10.4. The Morgan fingerprint density at radius 2 is 2.00 bits per heavy atom. The van der Waals surface area contributed by atoms with Crippen molar-refractivity contribution in [1.82, 2.24) is 0 Å². The lowest BCUT2D eigenvalue weighted by Crippen LogP contribution is -1.98. The molecule has 0 spiro atoms. The largest absolute Gasteiger partial charge is 0.303 e. The van der Waals surface area contributed by atoms with Crippen molar-refractivity contribution in [3.63, 3.8) is 0 Å². The van der Waals surface area contributed by atoms with E-state index in [-0.39, 0.29) is 0 Å². The van der Waals surface area contributed by atoms with Gasteiger partial charge in [-0.2, -0.15) is 0 Å². The predicted molar refractivity (Wildman–Crippen MR) is 61.7 cm³/mol. The molecular weight excluding hydrogens is 192 g/mol. The van der Waals surface area contributed by atoms with E-state index in [9.17, 15) is 4.79 Å². The van der Waals surface area contributed by atoms with Gasteiger partial charge in [-0.05, 0) is 25.0 Å². The van der Waals surface area contributed by atoms with Gasteiger partial charge in [0.1, 0.15) is 6.29 Å². The van der Waals surface area contributed by atoms with Crippen LogP contribution in [0.2, 0.25) is 0 Å². The number of hydrogen-bond acceptors (Lipinski definition) is 2. The van der Waals surface area contributed by atoms with E-state index in [0.717, 1.165) is 12.0 Å². The van der Waals surface area contributed by atoms with Crippen LogP contribution in [-0.4, -0.2) is 12.0 Å². The van der Waals surface area contributed by atoms with Crippen LogP contribution >= 0.6 is 11.8 Å². The molecule has 0 bridgehead atoms. The molecule has 1 aromatic carbocycles. The minimum Gasteiger partial charge on any atom is -0.303 e. The first-order chi connectivity index (χ1) is 6.72. The van der Waals surface area contributed by atoms with Crippen molar-refractivity contribution in [2.24, 2.45) is 5.92 Å². The zero-order valence-corrected chi connectivity index (χ0v) is 9.51. The molecule has 0 aromatic heterocycles. The summed E-state index contributed by atoms with van der Waals surface area (Å²) >= 11 is 1.82. The summed E-state index contributed by atoms with van der Waals surface area (Å²) in [4.78, 5) is 11.5. The Kier molecular flexibility index (Phi) is 4.74. The molecule has 1 aromatic rings.